The Kier molecular flexibility index (Phi) is 7.66. The van der Waals surface area contributed by atoms with Crippen molar-refractivity contribution < 1.29 is 13.9 Å². The minimum Gasteiger partial charge on any atom is -0.494 e. The molecule has 5 atom stereocenters. The third-order valence-corrected chi connectivity index (χ3v) is 6.94. The monoisotopic (exact) mass is 484 g/mol. The molecule has 2 aromatic rings. The molecule has 4 rings (SSSR count). The van der Waals surface area contributed by atoms with Crippen LogP contribution >= 0.6 is 0 Å². The Morgan fingerprint density at radius 2 is 1.97 bits per heavy atom. The fourth-order valence-corrected chi connectivity index (χ4v) is 5.32. The van der Waals surface area contributed by atoms with Gasteiger partial charge in [-0.05, 0) is 37.4 Å². The third kappa shape index (κ3) is 4.62. The average Bonchev–Trinajstić information content (AvgIpc) is 3.39. The molecule has 7 N–H and O–H groups in total. The number of nitrogens with zero attached hydrogens (tertiary/aromatic N) is 3. The SMILES string of the molecule is CCC(C1CCCN1)[N+]1(c2ccc(OC)c(F)c2)C(N)=NC(N)=NC1OC(CN)c1ccccc1. The first-order valence-corrected chi connectivity index (χ1v) is 12.0. The first kappa shape index (κ1) is 25.1. The molecule has 2 aliphatic heterocycles. The van der Waals surface area contributed by atoms with E-state index in [2.05, 4.69) is 22.2 Å². The number of methoxy groups -OCH3 is 1. The fourth-order valence-electron chi connectivity index (χ4n) is 5.32. The molecule has 0 amide bonds. The lowest BCUT2D eigenvalue weighted by atomic mass is 9.97. The Bertz CT molecular complexity index is 1070. The zero-order chi connectivity index (χ0) is 25.0. The van der Waals surface area contributed by atoms with E-state index in [4.69, 9.17) is 26.7 Å². The van der Waals surface area contributed by atoms with Crippen molar-refractivity contribution in [3.63, 3.8) is 0 Å². The Balaban J connectivity index is 1.90. The third-order valence-electron chi connectivity index (χ3n) is 6.94. The molecule has 0 radical (unpaired) electrons. The van der Waals surface area contributed by atoms with Crippen molar-refractivity contribution >= 4 is 17.6 Å². The molecule has 0 aliphatic carbocycles. The number of aliphatic imine (C=N–C) groups is 2. The van der Waals surface area contributed by atoms with Gasteiger partial charge in [0, 0.05) is 18.7 Å². The summed E-state index contributed by atoms with van der Waals surface area (Å²) < 4.78 is 26.7. The van der Waals surface area contributed by atoms with Gasteiger partial charge in [0.15, 0.2) is 11.6 Å². The van der Waals surface area contributed by atoms with Crippen LogP contribution in [0.25, 0.3) is 0 Å². The van der Waals surface area contributed by atoms with E-state index < -0.39 is 18.3 Å². The van der Waals surface area contributed by atoms with Crippen LogP contribution in [-0.4, -0.2) is 50.6 Å². The van der Waals surface area contributed by atoms with Gasteiger partial charge in [-0.25, -0.2) is 4.39 Å². The Morgan fingerprint density at radius 3 is 2.57 bits per heavy atom. The minimum absolute atomic E-state index is 0.00769. The maximum absolute atomic E-state index is 15.1. The van der Waals surface area contributed by atoms with Crippen molar-refractivity contribution in [2.45, 2.75) is 50.7 Å². The molecule has 2 aromatic carbocycles. The number of hydrogen-bond acceptors (Lipinski definition) is 8. The van der Waals surface area contributed by atoms with Gasteiger partial charge in [0.25, 0.3) is 0 Å². The Morgan fingerprint density at radius 1 is 1.20 bits per heavy atom. The van der Waals surface area contributed by atoms with Crippen molar-refractivity contribution in [2.75, 3.05) is 20.2 Å². The number of guanidine groups is 2. The van der Waals surface area contributed by atoms with Gasteiger partial charge in [-0.15, -0.1) is 4.99 Å². The maximum Gasteiger partial charge on any atom is 0.312 e. The van der Waals surface area contributed by atoms with Crippen LogP contribution in [0, 0.1) is 5.82 Å². The lowest BCUT2D eigenvalue weighted by molar-refractivity contribution is -0.0812. The van der Waals surface area contributed by atoms with Crippen LogP contribution in [0.3, 0.4) is 0 Å². The molecule has 9 nitrogen and oxygen atoms in total. The topological polar surface area (TPSA) is 133 Å². The van der Waals surface area contributed by atoms with Crippen LogP contribution in [-0.2, 0) is 4.74 Å². The van der Waals surface area contributed by atoms with Crippen LogP contribution in [0.4, 0.5) is 10.1 Å². The van der Waals surface area contributed by atoms with Crippen LogP contribution in [0.1, 0.15) is 37.9 Å². The van der Waals surface area contributed by atoms with E-state index in [-0.39, 0.29) is 40.8 Å². The minimum atomic E-state index is -0.929. The molecule has 2 aliphatic rings. The summed E-state index contributed by atoms with van der Waals surface area (Å²) in [7, 11) is 1.43. The van der Waals surface area contributed by atoms with Gasteiger partial charge in [-0.2, -0.15) is 9.48 Å². The fraction of sp³-hybridized carbons (Fsp3) is 0.440. The second-order valence-electron chi connectivity index (χ2n) is 8.83. The molecule has 188 valence electrons. The van der Waals surface area contributed by atoms with Crippen molar-refractivity contribution in [1.82, 2.24) is 9.80 Å². The van der Waals surface area contributed by atoms with E-state index in [1.165, 1.54) is 13.2 Å². The zero-order valence-corrected chi connectivity index (χ0v) is 20.2. The lowest BCUT2D eigenvalue weighted by Gasteiger charge is -2.48. The average molecular weight is 485 g/mol. The van der Waals surface area contributed by atoms with Crippen molar-refractivity contribution in [2.24, 2.45) is 27.2 Å². The molecule has 0 bridgehead atoms. The second kappa shape index (κ2) is 10.7. The molecule has 2 heterocycles. The molecule has 0 spiro atoms. The van der Waals surface area contributed by atoms with Gasteiger partial charge >= 0.3 is 12.3 Å². The molecular formula is C25H35FN7O2+. The summed E-state index contributed by atoms with van der Waals surface area (Å²) in [6.07, 6.45) is 1.26. The highest BCUT2D eigenvalue weighted by Gasteiger charge is 2.56. The van der Waals surface area contributed by atoms with Gasteiger partial charge in [-0.1, -0.05) is 37.3 Å². The van der Waals surface area contributed by atoms with Crippen molar-refractivity contribution in [1.29, 1.82) is 0 Å². The highest BCUT2D eigenvalue weighted by Crippen LogP contribution is 2.40. The van der Waals surface area contributed by atoms with E-state index in [0.29, 0.717) is 12.1 Å². The van der Waals surface area contributed by atoms with Gasteiger partial charge in [-0.3, -0.25) is 4.74 Å². The van der Waals surface area contributed by atoms with Gasteiger partial charge in [0.1, 0.15) is 17.8 Å². The molecule has 0 saturated carbocycles. The van der Waals surface area contributed by atoms with Crippen molar-refractivity contribution in [3.8, 4) is 5.75 Å². The molecule has 5 unspecified atom stereocenters. The summed E-state index contributed by atoms with van der Waals surface area (Å²) in [5.41, 5.74) is 20.4. The smallest absolute Gasteiger partial charge is 0.312 e. The predicted octanol–water partition coefficient (Wildman–Crippen LogP) is 2.32. The quantitative estimate of drug-likeness (QED) is 0.404. The summed E-state index contributed by atoms with van der Waals surface area (Å²) >= 11 is 0. The molecule has 1 fully saturated rings. The largest absolute Gasteiger partial charge is 0.494 e. The van der Waals surface area contributed by atoms with Gasteiger partial charge < -0.3 is 27.3 Å². The molecule has 0 aromatic heterocycles. The molecule has 10 heteroatoms. The van der Waals surface area contributed by atoms with E-state index in [9.17, 15) is 0 Å². The first-order valence-electron chi connectivity index (χ1n) is 12.0. The number of nitrogens with two attached hydrogens (primary N) is 3. The standard InChI is InChI=1S/C25H35FN7O2/c1-3-20(19-10-7-13-30-19)33(17-11-12-21(34-2)18(26)14-17)24(29)31-23(28)32-25(33)35-22(15-27)16-8-5-4-6-9-16/h4-6,8-9,11-12,14,19-20,22,25,30H,3,7,10,13,15,27H2,1-2H3,(H4,28,29,31,32)/q+1. The van der Waals surface area contributed by atoms with Crippen LogP contribution in [0.2, 0.25) is 0 Å². The van der Waals surface area contributed by atoms with E-state index in [1.807, 2.05) is 30.3 Å². The number of halogens is 1. The second-order valence-corrected chi connectivity index (χ2v) is 8.83. The first-order chi connectivity index (χ1) is 16.9. The summed E-state index contributed by atoms with van der Waals surface area (Å²) in [5, 5.41) is 3.58. The number of quaternary nitrogens is 1. The number of hydrogen-bond donors (Lipinski definition) is 4. The van der Waals surface area contributed by atoms with Gasteiger partial charge in [0.2, 0.25) is 5.96 Å². The Hall–Kier alpha value is -3.05. The number of ether oxygens (including phenoxy) is 2. The Labute approximate surface area is 205 Å². The lowest BCUT2D eigenvalue weighted by Crippen LogP contribution is -2.74. The number of nitrogens with one attached hydrogen (secondary N) is 1. The highest BCUT2D eigenvalue weighted by atomic mass is 19.1. The predicted molar refractivity (Wildman–Crippen MR) is 136 cm³/mol. The number of rotatable bonds is 9. The molecule has 35 heavy (non-hydrogen) atoms. The van der Waals surface area contributed by atoms with Gasteiger partial charge in [0.05, 0.1) is 13.2 Å². The van der Waals surface area contributed by atoms with Crippen molar-refractivity contribution in [3.05, 3.63) is 59.9 Å². The summed E-state index contributed by atoms with van der Waals surface area (Å²) in [4.78, 5) is 9.01. The summed E-state index contributed by atoms with van der Waals surface area (Å²) in [5.74, 6) is -0.176. The van der Waals surface area contributed by atoms with Crippen LogP contribution in [0.5, 0.6) is 5.75 Å². The maximum atomic E-state index is 15.1. The van der Waals surface area contributed by atoms with Crippen LogP contribution in [0.15, 0.2) is 58.5 Å². The normalized spacial score (nSPS) is 26.1. The summed E-state index contributed by atoms with van der Waals surface area (Å²) in [6, 6.07) is 14.4. The van der Waals surface area contributed by atoms with E-state index in [0.717, 1.165) is 24.9 Å². The summed E-state index contributed by atoms with van der Waals surface area (Å²) in [6.45, 7) is 3.18. The van der Waals surface area contributed by atoms with E-state index in [1.54, 1.807) is 12.1 Å². The number of benzene rings is 2. The molecular weight excluding hydrogens is 449 g/mol. The van der Waals surface area contributed by atoms with Crippen LogP contribution < -0.4 is 31.7 Å². The molecule has 1 saturated heterocycles. The zero-order valence-electron chi connectivity index (χ0n) is 20.2. The van der Waals surface area contributed by atoms with E-state index >= 15 is 4.39 Å². The highest BCUT2D eigenvalue weighted by molar-refractivity contribution is 6.01.